The van der Waals surface area contributed by atoms with Gasteiger partial charge >= 0.3 is 0 Å². The molecule has 2 aliphatic rings. The average Bonchev–Trinajstić information content (AvgIpc) is 2.99. The number of nitrogens with two attached hydrogens (primary N) is 1. The summed E-state index contributed by atoms with van der Waals surface area (Å²) in [4.78, 5) is 14.4. The second kappa shape index (κ2) is 4.66. The van der Waals surface area contributed by atoms with Gasteiger partial charge in [-0.25, -0.2) is 0 Å². The number of anilines is 1. The van der Waals surface area contributed by atoms with Crippen LogP contribution in [0.2, 0.25) is 0 Å². The van der Waals surface area contributed by atoms with E-state index >= 15 is 0 Å². The highest BCUT2D eigenvalue weighted by molar-refractivity contribution is 5.95. The quantitative estimate of drug-likeness (QED) is 0.844. The van der Waals surface area contributed by atoms with E-state index in [2.05, 4.69) is 0 Å². The first-order chi connectivity index (χ1) is 9.59. The van der Waals surface area contributed by atoms with E-state index in [9.17, 15) is 4.79 Å². The Balaban J connectivity index is 1.74. The third-order valence-electron chi connectivity index (χ3n) is 4.50. The first-order valence-electron chi connectivity index (χ1n) is 6.81. The summed E-state index contributed by atoms with van der Waals surface area (Å²) in [6, 6.07) is 5.19. The zero-order chi connectivity index (χ0) is 14.3. The number of carbonyl (C=O) groups is 1. The number of nitrogen functional groups attached to an aromatic ring is 1. The molecule has 1 aliphatic heterocycles. The summed E-state index contributed by atoms with van der Waals surface area (Å²) in [5.41, 5.74) is 7.16. The molecule has 1 amide bonds. The van der Waals surface area contributed by atoms with E-state index in [0.29, 0.717) is 22.9 Å². The van der Waals surface area contributed by atoms with Crippen LogP contribution >= 0.6 is 0 Å². The van der Waals surface area contributed by atoms with E-state index in [1.54, 1.807) is 32.4 Å². The molecule has 3 rings (SSSR count). The van der Waals surface area contributed by atoms with Gasteiger partial charge in [-0.1, -0.05) is 0 Å². The number of hydrogen-bond acceptors (Lipinski definition) is 4. The summed E-state index contributed by atoms with van der Waals surface area (Å²) in [5.74, 6) is 1.19. The number of benzene rings is 1. The topological polar surface area (TPSA) is 64.8 Å². The number of likely N-dealkylation sites (tertiary alicyclic amines) is 1. The molecular formula is C15H20N2O3. The standard InChI is InChI=1S/C15H20N2O3/c1-19-9-15-6-11(15)7-17(8-15)14(18)10-3-4-12(16)13(5-10)20-2/h3-5,11H,6-9,16H2,1-2H3. The summed E-state index contributed by atoms with van der Waals surface area (Å²) < 4.78 is 10.5. The molecule has 20 heavy (non-hydrogen) atoms. The van der Waals surface area contributed by atoms with Crippen molar-refractivity contribution in [1.29, 1.82) is 0 Å². The van der Waals surface area contributed by atoms with Gasteiger partial charge in [-0.3, -0.25) is 4.79 Å². The van der Waals surface area contributed by atoms with Crippen molar-refractivity contribution in [3.63, 3.8) is 0 Å². The molecule has 0 aromatic heterocycles. The molecule has 1 heterocycles. The highest BCUT2D eigenvalue weighted by atomic mass is 16.5. The molecule has 1 saturated carbocycles. The molecule has 1 aromatic rings. The van der Waals surface area contributed by atoms with Crippen molar-refractivity contribution >= 4 is 11.6 Å². The Labute approximate surface area is 118 Å². The Kier molecular flexibility index (Phi) is 3.09. The van der Waals surface area contributed by atoms with E-state index in [0.717, 1.165) is 19.7 Å². The van der Waals surface area contributed by atoms with Gasteiger partial charge < -0.3 is 20.1 Å². The van der Waals surface area contributed by atoms with Gasteiger partial charge in [0.1, 0.15) is 5.75 Å². The maximum absolute atomic E-state index is 12.5. The van der Waals surface area contributed by atoms with Gasteiger partial charge in [0, 0.05) is 31.2 Å². The summed E-state index contributed by atoms with van der Waals surface area (Å²) in [6.45, 7) is 2.36. The van der Waals surface area contributed by atoms with Crippen LogP contribution in [0.3, 0.4) is 0 Å². The molecule has 0 bridgehead atoms. The smallest absolute Gasteiger partial charge is 0.254 e. The van der Waals surface area contributed by atoms with Gasteiger partial charge in [0.15, 0.2) is 0 Å². The molecule has 2 unspecified atom stereocenters. The predicted molar refractivity (Wildman–Crippen MR) is 75.7 cm³/mol. The Morgan fingerprint density at radius 3 is 3.00 bits per heavy atom. The van der Waals surface area contributed by atoms with Crippen LogP contribution in [0.5, 0.6) is 5.75 Å². The summed E-state index contributed by atoms with van der Waals surface area (Å²) in [5, 5.41) is 0. The lowest BCUT2D eigenvalue weighted by Crippen LogP contribution is -2.32. The molecule has 2 atom stereocenters. The average molecular weight is 276 g/mol. The van der Waals surface area contributed by atoms with E-state index in [-0.39, 0.29) is 11.3 Å². The number of rotatable bonds is 4. The second-order valence-corrected chi connectivity index (χ2v) is 5.84. The molecule has 108 valence electrons. The first-order valence-corrected chi connectivity index (χ1v) is 6.81. The maximum atomic E-state index is 12.5. The Morgan fingerprint density at radius 1 is 1.50 bits per heavy atom. The van der Waals surface area contributed by atoms with E-state index in [4.69, 9.17) is 15.2 Å². The predicted octanol–water partition coefficient (Wildman–Crippen LogP) is 1.39. The molecular weight excluding hydrogens is 256 g/mol. The molecule has 1 aromatic carbocycles. The third kappa shape index (κ3) is 2.02. The van der Waals surface area contributed by atoms with Crippen molar-refractivity contribution in [3.05, 3.63) is 23.8 Å². The number of fused-ring (bicyclic) bond motifs is 1. The van der Waals surface area contributed by atoms with Crippen LogP contribution < -0.4 is 10.5 Å². The lowest BCUT2D eigenvalue weighted by molar-refractivity contribution is 0.0734. The van der Waals surface area contributed by atoms with Crippen LogP contribution in [0.25, 0.3) is 0 Å². The molecule has 0 spiro atoms. The minimum Gasteiger partial charge on any atom is -0.495 e. The zero-order valence-electron chi connectivity index (χ0n) is 11.9. The van der Waals surface area contributed by atoms with Crippen LogP contribution in [0.15, 0.2) is 18.2 Å². The van der Waals surface area contributed by atoms with Crippen LogP contribution in [0.4, 0.5) is 5.69 Å². The van der Waals surface area contributed by atoms with Gasteiger partial charge in [-0.05, 0) is 30.5 Å². The molecule has 1 saturated heterocycles. The minimum absolute atomic E-state index is 0.0472. The minimum atomic E-state index is 0.0472. The number of amides is 1. The normalized spacial score (nSPS) is 27.3. The number of nitrogens with zero attached hydrogens (tertiary/aromatic N) is 1. The highest BCUT2D eigenvalue weighted by Gasteiger charge is 2.60. The van der Waals surface area contributed by atoms with E-state index in [1.165, 1.54) is 6.42 Å². The van der Waals surface area contributed by atoms with Crippen LogP contribution in [0.1, 0.15) is 16.8 Å². The van der Waals surface area contributed by atoms with Crippen molar-refractivity contribution in [2.24, 2.45) is 11.3 Å². The van der Waals surface area contributed by atoms with Crippen molar-refractivity contribution in [2.45, 2.75) is 6.42 Å². The number of ether oxygens (including phenoxy) is 2. The van der Waals surface area contributed by atoms with Crippen molar-refractivity contribution in [3.8, 4) is 5.75 Å². The van der Waals surface area contributed by atoms with Crippen LogP contribution in [0, 0.1) is 11.3 Å². The number of methoxy groups -OCH3 is 2. The molecule has 0 radical (unpaired) electrons. The molecule has 5 heteroatoms. The van der Waals surface area contributed by atoms with Gasteiger partial charge in [-0.2, -0.15) is 0 Å². The lowest BCUT2D eigenvalue weighted by atomic mass is 10.1. The fourth-order valence-corrected chi connectivity index (χ4v) is 3.29. The molecule has 2 fully saturated rings. The van der Waals surface area contributed by atoms with Gasteiger partial charge in [0.05, 0.1) is 19.4 Å². The molecule has 2 N–H and O–H groups in total. The van der Waals surface area contributed by atoms with E-state index in [1.807, 2.05) is 4.90 Å². The van der Waals surface area contributed by atoms with Crippen molar-refractivity contribution in [2.75, 3.05) is 39.6 Å². The largest absolute Gasteiger partial charge is 0.495 e. The fourth-order valence-electron chi connectivity index (χ4n) is 3.29. The SMILES string of the molecule is COCC12CC1CN(C(=O)c1ccc(N)c(OC)c1)C2. The zero-order valence-corrected chi connectivity index (χ0v) is 11.9. The summed E-state index contributed by atoms with van der Waals surface area (Å²) in [6.07, 6.45) is 1.18. The van der Waals surface area contributed by atoms with Gasteiger partial charge in [-0.15, -0.1) is 0 Å². The molecule has 1 aliphatic carbocycles. The monoisotopic (exact) mass is 276 g/mol. The number of hydrogen-bond donors (Lipinski definition) is 1. The van der Waals surface area contributed by atoms with Gasteiger partial charge in [0.25, 0.3) is 5.91 Å². The molecule has 5 nitrogen and oxygen atoms in total. The highest BCUT2D eigenvalue weighted by Crippen LogP contribution is 2.57. The van der Waals surface area contributed by atoms with Gasteiger partial charge in [0.2, 0.25) is 0 Å². The first kappa shape index (κ1) is 13.2. The fraction of sp³-hybridized carbons (Fsp3) is 0.533. The summed E-state index contributed by atoms with van der Waals surface area (Å²) >= 11 is 0. The van der Waals surface area contributed by atoms with Crippen LogP contribution in [-0.4, -0.2) is 44.7 Å². The van der Waals surface area contributed by atoms with Crippen LogP contribution in [-0.2, 0) is 4.74 Å². The Bertz CT molecular complexity index is 546. The lowest BCUT2D eigenvalue weighted by Gasteiger charge is -2.21. The van der Waals surface area contributed by atoms with Crippen molar-refractivity contribution < 1.29 is 14.3 Å². The Morgan fingerprint density at radius 2 is 2.30 bits per heavy atom. The summed E-state index contributed by atoms with van der Waals surface area (Å²) in [7, 11) is 3.28. The number of piperidine rings is 1. The third-order valence-corrected chi connectivity index (χ3v) is 4.50. The number of carbonyl (C=O) groups excluding carboxylic acids is 1. The Hall–Kier alpha value is -1.75. The maximum Gasteiger partial charge on any atom is 0.254 e. The van der Waals surface area contributed by atoms with E-state index < -0.39 is 0 Å². The van der Waals surface area contributed by atoms with Crippen molar-refractivity contribution in [1.82, 2.24) is 4.90 Å². The second-order valence-electron chi connectivity index (χ2n) is 5.84.